The lowest BCUT2D eigenvalue weighted by molar-refractivity contribution is -0.386. The van der Waals surface area contributed by atoms with Gasteiger partial charge in [-0.25, -0.2) is 14.4 Å². The van der Waals surface area contributed by atoms with E-state index in [1.54, 1.807) is 18.2 Å². The lowest BCUT2D eigenvalue weighted by Crippen LogP contribution is -2.35. The molecule has 162 valence electrons. The van der Waals surface area contributed by atoms with Gasteiger partial charge in [0.1, 0.15) is 18.0 Å². The maximum Gasteiger partial charge on any atom is 0.311 e. The predicted octanol–water partition coefficient (Wildman–Crippen LogP) is 4.95. The van der Waals surface area contributed by atoms with Gasteiger partial charge in [0.15, 0.2) is 5.75 Å². The molecule has 31 heavy (non-hydrogen) atoms. The van der Waals surface area contributed by atoms with Gasteiger partial charge >= 0.3 is 5.69 Å². The zero-order chi connectivity index (χ0) is 22.0. The molecule has 1 saturated heterocycles. The molecule has 1 aliphatic rings. The summed E-state index contributed by atoms with van der Waals surface area (Å²) in [5.41, 5.74) is 0.487. The van der Waals surface area contributed by atoms with E-state index >= 15 is 0 Å². The van der Waals surface area contributed by atoms with Crippen LogP contribution in [-0.2, 0) is 0 Å². The number of hydrogen-bond donors (Lipinski definition) is 2. The van der Waals surface area contributed by atoms with Crippen LogP contribution in [-0.4, -0.2) is 34.1 Å². The average Bonchev–Trinajstić information content (AvgIpc) is 2.75. The van der Waals surface area contributed by atoms with Crippen molar-refractivity contribution < 1.29 is 14.1 Å². The molecule has 1 fully saturated rings. The van der Waals surface area contributed by atoms with Crippen LogP contribution >= 0.6 is 15.9 Å². The predicted molar refractivity (Wildman–Crippen MR) is 119 cm³/mol. The van der Waals surface area contributed by atoms with Crippen LogP contribution in [0.15, 0.2) is 41.1 Å². The van der Waals surface area contributed by atoms with E-state index < -0.39 is 10.7 Å². The summed E-state index contributed by atoms with van der Waals surface area (Å²) in [6.07, 6.45) is 3.07. The van der Waals surface area contributed by atoms with E-state index in [-0.39, 0.29) is 29.0 Å². The number of nitrogens with one attached hydrogen (secondary N) is 2. The van der Waals surface area contributed by atoms with Crippen molar-refractivity contribution in [3.05, 3.63) is 57.1 Å². The van der Waals surface area contributed by atoms with E-state index in [0.29, 0.717) is 21.3 Å². The van der Waals surface area contributed by atoms with Crippen LogP contribution in [0.2, 0.25) is 0 Å². The Morgan fingerprint density at radius 1 is 1.29 bits per heavy atom. The minimum atomic E-state index is -0.485. The van der Waals surface area contributed by atoms with Gasteiger partial charge in [0, 0.05) is 16.6 Å². The number of hydrogen-bond acceptors (Lipinski definition) is 7. The van der Waals surface area contributed by atoms with Crippen molar-refractivity contribution in [2.24, 2.45) is 5.92 Å². The zero-order valence-electron chi connectivity index (χ0n) is 16.8. The molecule has 8 nitrogen and oxygen atoms in total. The highest BCUT2D eigenvalue weighted by molar-refractivity contribution is 9.10. The topological polar surface area (TPSA) is 102 Å². The number of nitro benzene ring substituents is 1. The fourth-order valence-corrected chi connectivity index (χ4v) is 4.07. The van der Waals surface area contributed by atoms with Crippen LogP contribution in [0.4, 0.5) is 21.6 Å². The molecule has 2 N–H and O–H groups in total. The Bertz CT molecular complexity index is 1120. The first-order valence-electron chi connectivity index (χ1n) is 9.95. The van der Waals surface area contributed by atoms with E-state index in [1.807, 2.05) is 6.92 Å². The molecule has 3 aromatic rings. The molecular weight excluding hydrogens is 469 g/mol. The minimum absolute atomic E-state index is 0.169. The van der Waals surface area contributed by atoms with Crippen molar-refractivity contribution in [1.29, 1.82) is 0 Å². The molecule has 0 radical (unpaired) electrons. The number of ether oxygens (including phenoxy) is 1. The van der Waals surface area contributed by atoms with E-state index in [4.69, 9.17) is 4.74 Å². The maximum absolute atomic E-state index is 14.3. The third-order valence-corrected chi connectivity index (χ3v) is 5.95. The average molecular weight is 490 g/mol. The standard InChI is InChI=1S/C21H21BrFN5O3/c1-12(13-4-6-24-7-5-13)31-20-10-18-15(9-19(20)28(29)30)21(26-11-25-18)27-17-3-2-14(22)8-16(17)23/h2-3,8-13,24H,4-7H2,1H3,(H,25,26,27). The van der Waals surface area contributed by atoms with E-state index in [2.05, 4.69) is 36.5 Å². The lowest BCUT2D eigenvalue weighted by Gasteiger charge is -2.28. The summed E-state index contributed by atoms with van der Waals surface area (Å²) in [6, 6.07) is 7.49. The highest BCUT2D eigenvalue weighted by Gasteiger charge is 2.26. The Morgan fingerprint density at radius 2 is 2.06 bits per heavy atom. The normalized spacial score (nSPS) is 15.6. The summed E-state index contributed by atoms with van der Waals surface area (Å²) in [5.74, 6) is 0.279. The molecule has 1 aliphatic heterocycles. The van der Waals surface area contributed by atoms with Crippen molar-refractivity contribution in [2.45, 2.75) is 25.9 Å². The molecular formula is C21H21BrFN5O3. The summed E-state index contributed by atoms with van der Waals surface area (Å²) < 4.78 is 20.9. The minimum Gasteiger partial charge on any atom is -0.483 e. The van der Waals surface area contributed by atoms with Gasteiger partial charge in [-0.1, -0.05) is 15.9 Å². The van der Waals surface area contributed by atoms with Crippen LogP contribution in [0.3, 0.4) is 0 Å². The molecule has 1 unspecified atom stereocenters. The first kappa shape index (κ1) is 21.4. The number of benzene rings is 2. The molecule has 2 aromatic carbocycles. The molecule has 10 heteroatoms. The highest BCUT2D eigenvalue weighted by Crippen LogP contribution is 2.36. The molecule has 4 rings (SSSR count). The van der Waals surface area contributed by atoms with Gasteiger partial charge in [-0.15, -0.1) is 0 Å². The second-order valence-corrected chi connectivity index (χ2v) is 8.39. The van der Waals surface area contributed by atoms with Gasteiger partial charge in [-0.3, -0.25) is 10.1 Å². The van der Waals surface area contributed by atoms with Crippen LogP contribution in [0, 0.1) is 21.8 Å². The number of anilines is 2. The summed E-state index contributed by atoms with van der Waals surface area (Å²) in [7, 11) is 0. The SMILES string of the molecule is CC(Oc1cc2ncnc(Nc3ccc(Br)cc3F)c2cc1[N+](=O)[O-])C1CCNCC1. The van der Waals surface area contributed by atoms with E-state index in [1.165, 1.54) is 18.5 Å². The van der Waals surface area contributed by atoms with Gasteiger partial charge in [0.2, 0.25) is 0 Å². The fraction of sp³-hybridized carbons (Fsp3) is 0.333. The molecule has 1 atom stereocenters. The molecule has 2 heterocycles. The number of piperidine rings is 1. The zero-order valence-corrected chi connectivity index (χ0v) is 18.4. The van der Waals surface area contributed by atoms with Crippen LogP contribution in [0.5, 0.6) is 5.75 Å². The monoisotopic (exact) mass is 489 g/mol. The summed E-state index contributed by atoms with van der Waals surface area (Å²) >= 11 is 3.22. The van der Waals surface area contributed by atoms with Gasteiger partial charge in [0.05, 0.1) is 27.6 Å². The number of halogens is 2. The Kier molecular flexibility index (Phi) is 6.28. The van der Waals surface area contributed by atoms with Gasteiger partial charge in [-0.2, -0.15) is 0 Å². The third-order valence-electron chi connectivity index (χ3n) is 5.46. The van der Waals surface area contributed by atoms with Crippen molar-refractivity contribution >= 4 is 44.0 Å². The van der Waals surface area contributed by atoms with Crippen LogP contribution in [0.1, 0.15) is 19.8 Å². The van der Waals surface area contributed by atoms with Crippen molar-refractivity contribution in [2.75, 3.05) is 18.4 Å². The summed E-state index contributed by atoms with van der Waals surface area (Å²) in [6.45, 7) is 3.76. The van der Waals surface area contributed by atoms with Crippen molar-refractivity contribution in [1.82, 2.24) is 15.3 Å². The first-order chi connectivity index (χ1) is 14.9. The first-order valence-corrected chi connectivity index (χ1v) is 10.7. The third kappa shape index (κ3) is 4.75. The quantitative estimate of drug-likeness (QED) is 0.372. The number of nitrogens with zero attached hydrogens (tertiary/aromatic N) is 3. The number of fused-ring (bicyclic) bond motifs is 1. The Balaban J connectivity index is 1.69. The summed E-state index contributed by atoms with van der Waals surface area (Å²) in [4.78, 5) is 19.7. The summed E-state index contributed by atoms with van der Waals surface area (Å²) in [5, 5.41) is 18.4. The number of nitro groups is 1. The Morgan fingerprint density at radius 3 is 2.77 bits per heavy atom. The molecule has 1 aromatic heterocycles. The van der Waals surface area contributed by atoms with Crippen molar-refractivity contribution in [3.8, 4) is 5.75 Å². The molecule has 0 aliphatic carbocycles. The van der Waals surface area contributed by atoms with Crippen molar-refractivity contribution in [3.63, 3.8) is 0 Å². The van der Waals surface area contributed by atoms with Gasteiger partial charge in [0.25, 0.3) is 0 Å². The molecule has 0 saturated carbocycles. The Hall–Kier alpha value is -2.85. The van der Waals surface area contributed by atoms with Gasteiger partial charge in [-0.05, 0) is 57.0 Å². The number of aromatic nitrogens is 2. The molecule has 0 spiro atoms. The van der Waals surface area contributed by atoms with Crippen LogP contribution < -0.4 is 15.4 Å². The highest BCUT2D eigenvalue weighted by atomic mass is 79.9. The molecule has 0 amide bonds. The number of rotatable bonds is 6. The Labute approximate surface area is 186 Å². The fourth-order valence-electron chi connectivity index (χ4n) is 3.74. The molecule has 0 bridgehead atoms. The maximum atomic E-state index is 14.3. The largest absolute Gasteiger partial charge is 0.483 e. The second kappa shape index (κ2) is 9.11. The smallest absolute Gasteiger partial charge is 0.311 e. The van der Waals surface area contributed by atoms with Gasteiger partial charge < -0.3 is 15.4 Å². The van der Waals surface area contributed by atoms with E-state index in [0.717, 1.165) is 25.9 Å². The second-order valence-electron chi connectivity index (χ2n) is 7.48. The van der Waals surface area contributed by atoms with E-state index in [9.17, 15) is 14.5 Å². The lowest BCUT2D eigenvalue weighted by atomic mass is 9.93. The van der Waals surface area contributed by atoms with Crippen LogP contribution in [0.25, 0.3) is 10.9 Å².